The number of rotatable bonds is 23. The first-order valence-corrected chi connectivity index (χ1v) is 36.1. The van der Waals surface area contributed by atoms with Gasteiger partial charge in [-0.3, -0.25) is 48.1 Å². The van der Waals surface area contributed by atoms with Crippen LogP contribution in [-0.2, 0) is 54.4 Å². The van der Waals surface area contributed by atoms with Gasteiger partial charge in [-0.15, -0.1) is 0 Å². The highest BCUT2D eigenvalue weighted by Gasteiger charge is 2.50. The van der Waals surface area contributed by atoms with E-state index in [0.29, 0.717) is 61.8 Å². The number of aromatic nitrogens is 1. The summed E-state index contributed by atoms with van der Waals surface area (Å²) in [6.45, 7) is 19.0. The molecule has 4 aromatic carbocycles. The number of carbonyl (C=O) groups is 9. The van der Waals surface area contributed by atoms with Crippen molar-refractivity contribution in [2.24, 2.45) is 35.3 Å². The number of unbranched alkanes of at least 4 members (excludes halogenated alkanes) is 2. The molecule has 0 radical (unpaired) electrons. The monoisotopic (exact) mass is 1450 g/mol. The van der Waals surface area contributed by atoms with Crippen LogP contribution in [0.15, 0.2) is 93.9 Å². The summed E-state index contributed by atoms with van der Waals surface area (Å²) < 4.78 is 38.4. The van der Waals surface area contributed by atoms with Gasteiger partial charge in [0.05, 0.1) is 23.3 Å². The van der Waals surface area contributed by atoms with Crippen molar-refractivity contribution in [3.63, 3.8) is 0 Å². The van der Waals surface area contributed by atoms with E-state index in [-0.39, 0.29) is 135 Å². The van der Waals surface area contributed by atoms with E-state index in [4.69, 9.17) is 38.8 Å². The number of amides is 8. The van der Waals surface area contributed by atoms with Crippen molar-refractivity contribution in [3.8, 4) is 17.2 Å². The summed E-state index contributed by atoms with van der Waals surface area (Å²) in [5.41, 5.74) is 5.99. The third-order valence-corrected chi connectivity index (χ3v) is 20.1. The van der Waals surface area contributed by atoms with Crippen LogP contribution in [0.25, 0.3) is 33.0 Å². The topological polar surface area (TPSA) is 359 Å². The van der Waals surface area contributed by atoms with E-state index in [1.165, 1.54) is 46.3 Å². The normalized spacial score (nSPS) is 22.9. The summed E-state index contributed by atoms with van der Waals surface area (Å²) in [6, 6.07) is 7.78. The van der Waals surface area contributed by atoms with Gasteiger partial charge in [0.25, 0.3) is 23.5 Å². The van der Waals surface area contributed by atoms with E-state index in [1.807, 2.05) is 40.1 Å². The number of phenolic OH excluding ortho intramolecular Hbond substituents is 1. The molecule has 4 aliphatic rings. The smallest absolute Gasteiger partial charge is 0.312 e. The average Bonchev–Trinajstić information content (AvgIpc) is 1.65. The largest absolute Gasteiger partial charge is 0.505 e. The molecule has 4 bridgehead atoms. The molecule has 5 heterocycles. The van der Waals surface area contributed by atoms with Crippen LogP contribution in [0.4, 0.5) is 21.9 Å². The van der Waals surface area contributed by atoms with Gasteiger partial charge < -0.3 is 75.3 Å². The van der Waals surface area contributed by atoms with E-state index >= 15 is 9.59 Å². The van der Waals surface area contributed by atoms with Gasteiger partial charge in [-0.1, -0.05) is 78.3 Å². The summed E-state index contributed by atoms with van der Waals surface area (Å²) >= 11 is 0. The number of benzene rings is 4. The molecule has 27 nitrogen and oxygen atoms in total. The highest BCUT2D eigenvalue weighted by molar-refractivity contribution is 6.26. The van der Waals surface area contributed by atoms with Crippen molar-refractivity contribution in [3.05, 3.63) is 112 Å². The van der Waals surface area contributed by atoms with E-state index in [1.54, 1.807) is 69.3 Å². The number of nitrogens with two attached hydrogens (primary N) is 1. The molecule has 8 N–H and O–H groups in total. The quantitative estimate of drug-likeness (QED) is 0.00798. The molecule has 1 saturated heterocycles. The van der Waals surface area contributed by atoms with Gasteiger partial charge in [0, 0.05) is 118 Å². The molecule has 1 aromatic heterocycles. The Labute approximate surface area is 611 Å². The second-order valence-electron chi connectivity index (χ2n) is 28.9. The number of nitrogens with one attached hydrogen (secondary N) is 5. The number of anilines is 3. The van der Waals surface area contributed by atoms with Crippen molar-refractivity contribution >= 4 is 103 Å². The molecule has 0 aliphatic carbocycles. The van der Waals surface area contributed by atoms with Crippen molar-refractivity contribution in [2.75, 3.05) is 62.9 Å². The minimum absolute atomic E-state index is 0.0477. The third-order valence-electron chi connectivity index (χ3n) is 20.1. The lowest BCUT2D eigenvalue weighted by Gasteiger charge is -2.36. The number of hydrogen-bond donors (Lipinski definition) is 7. The predicted molar refractivity (Wildman–Crippen MR) is 397 cm³/mol. The number of hydrogen-bond acceptors (Lipinski definition) is 20. The second kappa shape index (κ2) is 34.6. The zero-order valence-corrected chi connectivity index (χ0v) is 62.2. The first-order valence-electron chi connectivity index (χ1n) is 36.1. The molecule has 27 heteroatoms. The van der Waals surface area contributed by atoms with Gasteiger partial charge in [0.15, 0.2) is 28.1 Å². The summed E-state index contributed by atoms with van der Waals surface area (Å²) in [6.07, 6.45) is 14.5. The fraction of sp³-hybridized carbons (Fsp3) is 0.500. The van der Waals surface area contributed by atoms with Crippen LogP contribution in [0, 0.1) is 36.5 Å². The summed E-state index contributed by atoms with van der Waals surface area (Å²) in [4.78, 5) is 145. The lowest BCUT2D eigenvalue weighted by Crippen LogP contribution is -2.54. The molecule has 5 aromatic rings. The Morgan fingerprint density at radius 1 is 0.886 bits per heavy atom. The van der Waals surface area contributed by atoms with E-state index in [9.17, 15) is 43.5 Å². The average molecular weight is 1450 g/mol. The summed E-state index contributed by atoms with van der Waals surface area (Å²) in [7, 11) is 5.61. The number of nitrogens with zero attached hydrogens (tertiary/aromatic N) is 4. The zero-order valence-electron chi connectivity index (χ0n) is 62.2. The number of fused-ring (bicyclic) bond motifs is 2. The first kappa shape index (κ1) is 79.0. The number of esters is 1. The molecule has 564 valence electrons. The Kier molecular flexibility index (Phi) is 26.0. The minimum Gasteiger partial charge on any atom is -0.505 e. The number of aromatic hydroxyl groups is 1. The molecule has 105 heavy (non-hydrogen) atoms. The second-order valence-corrected chi connectivity index (χ2v) is 28.9. The van der Waals surface area contributed by atoms with E-state index < -0.39 is 94.5 Å². The maximum absolute atomic E-state index is 15.4. The van der Waals surface area contributed by atoms with Crippen LogP contribution in [0.1, 0.15) is 148 Å². The Balaban J connectivity index is 1.06. The molecule has 9 atom stereocenters. The van der Waals surface area contributed by atoms with Gasteiger partial charge >= 0.3 is 17.8 Å². The molecule has 4 aliphatic heterocycles. The molecule has 0 saturated carbocycles. The molecular formula is C78H100N10O17. The zero-order chi connectivity index (χ0) is 76.3. The molecular weight excluding hydrogens is 1350 g/mol. The maximum Gasteiger partial charge on any atom is 0.312 e. The van der Waals surface area contributed by atoms with Crippen LogP contribution in [0.2, 0.25) is 0 Å². The lowest BCUT2D eigenvalue weighted by molar-refractivity contribution is -0.155. The molecule has 0 spiro atoms. The fourth-order valence-corrected chi connectivity index (χ4v) is 14.3. The first-order chi connectivity index (χ1) is 49.9. The van der Waals surface area contributed by atoms with Crippen molar-refractivity contribution in [2.45, 2.75) is 176 Å². The van der Waals surface area contributed by atoms with E-state index in [0.717, 1.165) is 24.2 Å². The van der Waals surface area contributed by atoms with Gasteiger partial charge in [-0.25, -0.2) is 9.78 Å². The number of methoxy groups -OCH3 is 1. The Morgan fingerprint density at radius 2 is 1.59 bits per heavy atom. The third kappa shape index (κ3) is 18.9. The molecule has 8 amide bonds. The van der Waals surface area contributed by atoms with Crippen LogP contribution in [0.5, 0.6) is 17.2 Å². The summed E-state index contributed by atoms with van der Waals surface area (Å²) in [5, 5.41) is 26.0. The molecule has 1 fully saturated rings. The van der Waals surface area contributed by atoms with E-state index in [2.05, 4.69) is 50.2 Å². The van der Waals surface area contributed by atoms with Gasteiger partial charge in [-0.05, 0) is 127 Å². The fourth-order valence-electron chi connectivity index (χ4n) is 14.3. The number of phenols is 1. The number of piperidine rings is 1. The number of carbonyl (C=O) groups excluding carboxylic acids is 9. The van der Waals surface area contributed by atoms with Crippen LogP contribution >= 0.6 is 0 Å². The van der Waals surface area contributed by atoms with Crippen molar-refractivity contribution in [1.82, 2.24) is 30.7 Å². The molecule has 0 unspecified atom stereocenters. The number of ether oxygens (including phenoxy) is 5. The number of primary amides is 1. The maximum atomic E-state index is 15.4. The van der Waals surface area contributed by atoms with Gasteiger partial charge in [0.1, 0.15) is 47.3 Å². The number of allylic oxidation sites excluding steroid dienone is 3. The van der Waals surface area contributed by atoms with Crippen LogP contribution in [0.3, 0.4) is 0 Å². The molecule has 9 rings (SSSR count). The van der Waals surface area contributed by atoms with Crippen molar-refractivity contribution < 1.29 is 76.4 Å². The SMILES string of the molecule is CO[C@H]1/C=C/O[C@@]2(C)Oc3c(C)c(=O)c4c(O)c(c5oc6cc(N7CCC(N(C)C)CC7)cc(OCc7ccc(NC(=O)[C@H](CCCNC(N)=O)NC(=O)[C@@H](NC(=O)CCCCCN8C(=O)C=CC8=O)C(C)C)cc7)c6nc5c4c3C2=O)NC(=O)/C(C)=C\C=C\[C@H](C)C[C@@H](C)C[C@@H](C)[C@H](OC(C)=O)[C@@H]1C. The van der Waals surface area contributed by atoms with Gasteiger partial charge in [0.2, 0.25) is 17.7 Å². The van der Waals surface area contributed by atoms with Crippen molar-refractivity contribution in [1.29, 1.82) is 0 Å². The van der Waals surface area contributed by atoms with Crippen LogP contribution < -0.4 is 52.1 Å². The van der Waals surface area contributed by atoms with Gasteiger partial charge in [-0.2, -0.15) is 0 Å². The Hall–Kier alpha value is -10.2. The standard InChI is InChI=1S/C78H100N10O17/c1-42(2)64(83-58(90)22-15-14-16-33-88-59(91)27-28-60(88)92)76(98)82-54(21-18-32-80-77(79)99)75(97)81-51-25-23-50(24-26-51)41-101-56-39-53(87-34-29-52(30-35-87)86(11)12)40-57-65(56)84-66-61-62-68(93)48(8)71-63(61)73(95)78(10,105-71)102-36-31-55(100-13)47(7)70(103-49(9)89)46(6)38-44(4)37-43(3)19-17-20-45(5)74(96)85-67(69(62)94)72(66)104-57/h17,19-20,23-28,31,36,39-40,42-44,46-47,52,54-55,64,70,94H,14-16,18,21-22,29-30,32-35,37-38,41H2,1-13H3,(H,81,97)(H,82,98)(H,83,90)(H,85,96)(H3,79,80,99)/b19-17+,36-31+,45-20-/t43-,44+,46+,47+,54-,55-,64-,70-,78-/m0/s1. The highest BCUT2D eigenvalue weighted by Crippen LogP contribution is 2.49. The highest BCUT2D eigenvalue weighted by atomic mass is 16.7. The summed E-state index contributed by atoms with van der Waals surface area (Å²) in [5.74, 6) is -7.55. The van der Waals surface area contributed by atoms with Crippen LogP contribution in [-0.4, -0.2) is 157 Å². The lowest BCUT2D eigenvalue weighted by atomic mass is 9.82. The Morgan fingerprint density at radius 3 is 2.25 bits per heavy atom. The number of Topliss-reactive ketones (excluding diaryl/α,β-unsaturated/α-hetero) is 1. The number of urea groups is 1. The number of imide groups is 1. The predicted octanol–water partition coefficient (Wildman–Crippen LogP) is 9.66. The minimum atomic E-state index is -2.11. The number of ketones is 1. The Bertz CT molecular complexity index is 4310.